The monoisotopic (exact) mass is 228 g/mol. The van der Waals surface area contributed by atoms with Crippen molar-refractivity contribution in [3.05, 3.63) is 40.5 Å². The van der Waals surface area contributed by atoms with Crippen LogP contribution in [0.5, 0.6) is 0 Å². The van der Waals surface area contributed by atoms with Crippen LogP contribution in [0.3, 0.4) is 0 Å². The summed E-state index contributed by atoms with van der Waals surface area (Å²) in [7, 11) is 0. The molecule has 0 heteroatoms. The third-order valence-corrected chi connectivity index (χ3v) is 3.70. The van der Waals surface area contributed by atoms with Crippen LogP contribution in [0, 0.1) is 0 Å². The molecule has 0 radical (unpaired) electrons. The maximum atomic E-state index is 2.47. The zero-order valence-corrected chi connectivity index (χ0v) is 11.3. The van der Waals surface area contributed by atoms with E-state index in [0.29, 0.717) is 0 Å². The van der Waals surface area contributed by atoms with Crippen LogP contribution in [0.25, 0.3) is 6.08 Å². The van der Waals surface area contributed by atoms with Gasteiger partial charge in [-0.1, -0.05) is 56.5 Å². The average molecular weight is 228 g/mol. The van der Waals surface area contributed by atoms with Crippen LogP contribution in [0.2, 0.25) is 0 Å². The second-order valence-corrected chi connectivity index (χ2v) is 5.18. The Kier molecular flexibility index (Phi) is 4.42. The van der Waals surface area contributed by atoms with Crippen molar-refractivity contribution in [2.24, 2.45) is 0 Å². The van der Waals surface area contributed by atoms with E-state index in [9.17, 15) is 0 Å². The number of aryl methyl sites for hydroxylation is 1. The predicted molar refractivity (Wildman–Crippen MR) is 76.3 cm³/mol. The standard InChI is InChI=1S/C17H24/c1-3-5-8-14-12-16-11-7-10-15(9-6-4-2)17(16)13-14/h7,10-11,13H,3-6,8-9,12H2,1-2H3. The van der Waals surface area contributed by atoms with Gasteiger partial charge in [-0.3, -0.25) is 0 Å². The normalized spacial score (nSPS) is 13.6. The Morgan fingerprint density at radius 3 is 2.53 bits per heavy atom. The van der Waals surface area contributed by atoms with Crippen LogP contribution in [0.4, 0.5) is 0 Å². The van der Waals surface area contributed by atoms with Crippen LogP contribution >= 0.6 is 0 Å². The highest BCUT2D eigenvalue weighted by Crippen LogP contribution is 2.31. The summed E-state index contributed by atoms with van der Waals surface area (Å²) >= 11 is 0. The van der Waals surface area contributed by atoms with E-state index < -0.39 is 0 Å². The second kappa shape index (κ2) is 6.05. The Morgan fingerprint density at radius 1 is 1.00 bits per heavy atom. The molecule has 0 N–H and O–H groups in total. The van der Waals surface area contributed by atoms with Crippen LogP contribution in [0.1, 0.15) is 62.6 Å². The first kappa shape index (κ1) is 12.4. The number of hydrogen-bond acceptors (Lipinski definition) is 0. The Balaban J connectivity index is 2.12. The first-order valence-corrected chi connectivity index (χ1v) is 7.15. The van der Waals surface area contributed by atoms with Crippen molar-refractivity contribution in [2.75, 3.05) is 0 Å². The first-order chi connectivity index (χ1) is 8.35. The predicted octanol–water partition coefficient (Wildman–Crippen LogP) is 5.16. The fourth-order valence-electron chi connectivity index (χ4n) is 2.66. The Morgan fingerprint density at radius 2 is 1.76 bits per heavy atom. The topological polar surface area (TPSA) is 0 Å². The van der Waals surface area contributed by atoms with Gasteiger partial charge in [-0.15, -0.1) is 0 Å². The lowest BCUT2D eigenvalue weighted by molar-refractivity contribution is 0.779. The van der Waals surface area contributed by atoms with Crippen molar-refractivity contribution in [3.8, 4) is 0 Å². The number of rotatable bonds is 6. The first-order valence-electron chi connectivity index (χ1n) is 7.15. The molecule has 1 aromatic carbocycles. The lowest BCUT2D eigenvalue weighted by Crippen LogP contribution is -1.91. The summed E-state index contributed by atoms with van der Waals surface area (Å²) in [5.41, 5.74) is 6.32. The lowest BCUT2D eigenvalue weighted by atomic mass is 9.99. The van der Waals surface area contributed by atoms with E-state index in [1.807, 2.05) is 0 Å². The highest BCUT2D eigenvalue weighted by molar-refractivity contribution is 5.66. The molecular formula is C17H24. The van der Waals surface area contributed by atoms with E-state index in [1.54, 1.807) is 22.3 Å². The smallest absolute Gasteiger partial charge is 0.00577 e. The van der Waals surface area contributed by atoms with E-state index in [0.717, 1.165) is 0 Å². The molecule has 0 bridgehead atoms. The third kappa shape index (κ3) is 3.00. The van der Waals surface area contributed by atoms with E-state index >= 15 is 0 Å². The highest BCUT2D eigenvalue weighted by atomic mass is 14.2. The molecule has 0 unspecified atom stereocenters. The van der Waals surface area contributed by atoms with E-state index in [-0.39, 0.29) is 0 Å². The van der Waals surface area contributed by atoms with Gasteiger partial charge in [0.1, 0.15) is 0 Å². The highest BCUT2D eigenvalue weighted by Gasteiger charge is 2.14. The van der Waals surface area contributed by atoms with E-state index in [4.69, 9.17) is 0 Å². The molecule has 0 atom stereocenters. The molecular weight excluding hydrogens is 204 g/mol. The minimum atomic E-state index is 1.20. The Hall–Kier alpha value is -1.04. The van der Waals surface area contributed by atoms with Crippen LogP contribution in [-0.2, 0) is 12.8 Å². The van der Waals surface area contributed by atoms with Gasteiger partial charge >= 0.3 is 0 Å². The quantitative estimate of drug-likeness (QED) is 0.631. The molecule has 0 spiro atoms. The molecule has 0 aliphatic heterocycles. The molecule has 0 fully saturated rings. The summed E-state index contributed by atoms with van der Waals surface area (Å²) in [4.78, 5) is 0. The van der Waals surface area contributed by atoms with Gasteiger partial charge in [0, 0.05) is 0 Å². The van der Waals surface area contributed by atoms with Crippen molar-refractivity contribution in [2.45, 2.75) is 58.8 Å². The summed E-state index contributed by atoms with van der Waals surface area (Å²) in [6.45, 7) is 4.54. The minimum Gasteiger partial charge on any atom is -0.0654 e. The Bertz CT molecular complexity index is 398. The molecule has 1 aliphatic carbocycles. The molecule has 0 amide bonds. The fraction of sp³-hybridized carbons (Fsp3) is 0.529. The summed E-state index contributed by atoms with van der Waals surface area (Å²) in [5, 5.41) is 0. The molecule has 0 heterocycles. The van der Waals surface area contributed by atoms with Crippen molar-refractivity contribution < 1.29 is 0 Å². The summed E-state index contributed by atoms with van der Waals surface area (Å²) < 4.78 is 0. The Labute approximate surface area is 106 Å². The van der Waals surface area contributed by atoms with Gasteiger partial charge in [0.15, 0.2) is 0 Å². The summed E-state index contributed by atoms with van der Waals surface area (Å²) in [6, 6.07) is 6.86. The number of fused-ring (bicyclic) bond motifs is 1. The molecule has 92 valence electrons. The number of benzene rings is 1. The van der Waals surface area contributed by atoms with Gasteiger partial charge < -0.3 is 0 Å². The number of hydrogen-bond donors (Lipinski definition) is 0. The maximum Gasteiger partial charge on any atom is -0.00577 e. The SMILES string of the molecule is CCCCC1=Cc2c(CCCC)cccc2C1. The van der Waals surface area contributed by atoms with Gasteiger partial charge in [0.25, 0.3) is 0 Å². The van der Waals surface area contributed by atoms with E-state index in [1.165, 1.54) is 44.9 Å². The summed E-state index contributed by atoms with van der Waals surface area (Å²) in [5.74, 6) is 0. The fourth-order valence-corrected chi connectivity index (χ4v) is 2.66. The zero-order chi connectivity index (χ0) is 12.1. The van der Waals surface area contributed by atoms with Crippen molar-refractivity contribution in [3.63, 3.8) is 0 Å². The maximum absolute atomic E-state index is 2.47. The van der Waals surface area contributed by atoms with Crippen molar-refractivity contribution in [1.82, 2.24) is 0 Å². The van der Waals surface area contributed by atoms with Gasteiger partial charge in [-0.05, 0) is 48.8 Å². The van der Waals surface area contributed by atoms with Crippen LogP contribution < -0.4 is 0 Å². The van der Waals surface area contributed by atoms with Crippen molar-refractivity contribution in [1.29, 1.82) is 0 Å². The minimum absolute atomic E-state index is 1.20. The molecule has 0 nitrogen and oxygen atoms in total. The van der Waals surface area contributed by atoms with Crippen LogP contribution in [-0.4, -0.2) is 0 Å². The second-order valence-electron chi connectivity index (χ2n) is 5.18. The third-order valence-electron chi connectivity index (χ3n) is 3.70. The molecule has 1 aliphatic rings. The lowest BCUT2D eigenvalue weighted by Gasteiger charge is -2.06. The molecule has 2 rings (SSSR count). The largest absolute Gasteiger partial charge is 0.0654 e. The van der Waals surface area contributed by atoms with Crippen LogP contribution in [0.15, 0.2) is 23.8 Å². The molecule has 0 aromatic heterocycles. The summed E-state index contributed by atoms with van der Waals surface area (Å²) in [6.07, 6.45) is 11.5. The van der Waals surface area contributed by atoms with E-state index in [2.05, 4.69) is 38.1 Å². The molecule has 0 saturated carbocycles. The number of allylic oxidation sites excluding steroid dienone is 1. The van der Waals surface area contributed by atoms with Gasteiger partial charge in [-0.2, -0.15) is 0 Å². The number of unbranched alkanes of at least 4 members (excludes halogenated alkanes) is 2. The zero-order valence-electron chi connectivity index (χ0n) is 11.3. The van der Waals surface area contributed by atoms with Gasteiger partial charge in [-0.25, -0.2) is 0 Å². The molecule has 0 saturated heterocycles. The molecule has 1 aromatic rings. The average Bonchev–Trinajstić information content (AvgIpc) is 2.77. The van der Waals surface area contributed by atoms with Gasteiger partial charge in [0.05, 0.1) is 0 Å². The van der Waals surface area contributed by atoms with Gasteiger partial charge in [0.2, 0.25) is 0 Å². The van der Waals surface area contributed by atoms with Crippen molar-refractivity contribution >= 4 is 6.08 Å². The molecule has 17 heavy (non-hydrogen) atoms.